The minimum absolute atomic E-state index is 0.283. The summed E-state index contributed by atoms with van der Waals surface area (Å²) < 4.78 is 26.3. The van der Waals surface area contributed by atoms with Gasteiger partial charge in [0.25, 0.3) is 0 Å². The van der Waals surface area contributed by atoms with Gasteiger partial charge >= 0.3 is 23.9 Å². The lowest BCUT2D eigenvalue weighted by atomic mass is 10.1. The van der Waals surface area contributed by atoms with Crippen LogP contribution in [0.2, 0.25) is 0 Å². The molecule has 0 aliphatic heterocycles. The highest BCUT2D eigenvalue weighted by Crippen LogP contribution is 2.28. The van der Waals surface area contributed by atoms with Crippen molar-refractivity contribution in [2.45, 2.75) is 13.3 Å². The van der Waals surface area contributed by atoms with Crippen LogP contribution in [0.15, 0.2) is 104 Å². The molecule has 9 heteroatoms. The zero-order chi connectivity index (χ0) is 30.1. The van der Waals surface area contributed by atoms with E-state index >= 15 is 0 Å². The number of hydrogen-bond acceptors (Lipinski definition) is 9. The number of carbonyl (C=O) groups excluding carboxylic acids is 4. The molecule has 0 spiro atoms. The molecule has 0 unspecified atom stereocenters. The predicted molar refractivity (Wildman–Crippen MR) is 154 cm³/mol. The Morgan fingerprint density at radius 1 is 0.643 bits per heavy atom. The third kappa shape index (κ3) is 7.48. The van der Waals surface area contributed by atoms with Crippen molar-refractivity contribution in [1.29, 1.82) is 0 Å². The summed E-state index contributed by atoms with van der Waals surface area (Å²) in [6.07, 6.45) is 2.62. The molecular weight excluding hydrogens is 540 g/mol. The second-order valence-corrected chi connectivity index (χ2v) is 8.71. The lowest BCUT2D eigenvalue weighted by Crippen LogP contribution is -2.11. The lowest BCUT2D eigenvalue weighted by Gasteiger charge is -2.12. The van der Waals surface area contributed by atoms with E-state index in [0.29, 0.717) is 40.5 Å². The van der Waals surface area contributed by atoms with Gasteiger partial charge in [0.1, 0.15) is 23.0 Å². The summed E-state index contributed by atoms with van der Waals surface area (Å²) in [5.41, 5.74) is 1.28. The maximum atomic E-state index is 12.9. The van der Waals surface area contributed by atoms with Crippen molar-refractivity contribution in [3.8, 4) is 23.0 Å². The maximum absolute atomic E-state index is 12.9. The molecule has 0 fully saturated rings. The molecule has 4 aromatic rings. The van der Waals surface area contributed by atoms with E-state index in [9.17, 15) is 19.2 Å². The van der Waals surface area contributed by atoms with Gasteiger partial charge in [-0.2, -0.15) is 0 Å². The topological polar surface area (TPSA) is 114 Å². The Morgan fingerprint density at radius 2 is 1.24 bits per heavy atom. The van der Waals surface area contributed by atoms with Crippen molar-refractivity contribution < 1.29 is 42.9 Å². The summed E-state index contributed by atoms with van der Waals surface area (Å²) in [6, 6.07) is 21.0. The highest BCUT2D eigenvalue weighted by molar-refractivity contribution is 5.97. The van der Waals surface area contributed by atoms with Crippen molar-refractivity contribution >= 4 is 34.6 Å². The van der Waals surface area contributed by atoms with Crippen LogP contribution < -0.4 is 18.9 Å². The molecule has 0 amide bonds. The van der Waals surface area contributed by atoms with Crippen LogP contribution in [0.25, 0.3) is 10.8 Å². The van der Waals surface area contributed by atoms with Gasteiger partial charge in [-0.3, -0.25) is 0 Å². The summed E-state index contributed by atoms with van der Waals surface area (Å²) in [5, 5.41) is 1.53. The van der Waals surface area contributed by atoms with Crippen molar-refractivity contribution in [2.24, 2.45) is 0 Å². The third-order valence-corrected chi connectivity index (χ3v) is 5.94. The molecule has 0 saturated heterocycles. The van der Waals surface area contributed by atoms with E-state index in [-0.39, 0.29) is 12.4 Å². The van der Waals surface area contributed by atoms with Crippen LogP contribution in [-0.4, -0.2) is 30.7 Å². The quantitative estimate of drug-likeness (QED) is 0.0933. The van der Waals surface area contributed by atoms with Gasteiger partial charge in [0.2, 0.25) is 6.79 Å². The summed E-state index contributed by atoms with van der Waals surface area (Å²) in [6.45, 7) is 8.27. The fourth-order valence-corrected chi connectivity index (χ4v) is 3.79. The van der Waals surface area contributed by atoms with Crippen LogP contribution in [-0.2, 0) is 20.7 Å². The summed E-state index contributed by atoms with van der Waals surface area (Å²) in [7, 11) is 0. The Morgan fingerprint density at radius 3 is 1.95 bits per heavy atom. The lowest BCUT2D eigenvalue weighted by molar-refractivity contribution is -0.144. The van der Waals surface area contributed by atoms with Gasteiger partial charge < -0.3 is 23.7 Å². The van der Waals surface area contributed by atoms with Crippen molar-refractivity contribution in [3.05, 3.63) is 121 Å². The van der Waals surface area contributed by atoms with E-state index in [2.05, 4.69) is 13.2 Å². The molecule has 0 aliphatic rings. The first-order chi connectivity index (χ1) is 20.3. The van der Waals surface area contributed by atoms with E-state index in [1.54, 1.807) is 66.7 Å². The molecule has 0 bridgehead atoms. The summed E-state index contributed by atoms with van der Waals surface area (Å²) in [4.78, 5) is 48.1. The average molecular weight is 567 g/mol. The Kier molecular flexibility index (Phi) is 9.47. The fourth-order valence-electron chi connectivity index (χ4n) is 3.79. The predicted octanol–water partition coefficient (Wildman–Crippen LogP) is 6.00. The monoisotopic (exact) mass is 566 g/mol. The summed E-state index contributed by atoms with van der Waals surface area (Å²) >= 11 is 0. The number of aryl methyl sites for hydroxylation is 1. The number of hydrogen-bond donors (Lipinski definition) is 0. The minimum atomic E-state index is -0.610. The van der Waals surface area contributed by atoms with Gasteiger partial charge in [-0.25, -0.2) is 19.2 Å². The first kappa shape index (κ1) is 29.3. The SMILES string of the molecule is C=CC(=O)OCOc1ccc(C(=O)Oc2ccc(OC(=O)c3ccc4cc(OC(=O)C=C)ccc4c3)cc2CC)cc1. The van der Waals surface area contributed by atoms with Gasteiger partial charge in [-0.15, -0.1) is 0 Å². The molecule has 0 heterocycles. The average Bonchev–Trinajstić information content (AvgIpc) is 3.01. The number of benzene rings is 4. The smallest absolute Gasteiger partial charge is 0.343 e. The Labute approximate surface area is 241 Å². The number of ether oxygens (including phenoxy) is 5. The number of rotatable bonds is 11. The zero-order valence-corrected chi connectivity index (χ0v) is 22.7. The molecule has 0 saturated carbocycles. The fraction of sp³-hybridized carbons (Fsp3) is 0.0909. The standard InChI is InChI=1S/C33H26O9/c1-4-21-18-28(41-33(37)25-8-7-24-19-27(40-31(35)6-3)14-11-23(24)17-25)15-16-29(21)42-32(36)22-9-12-26(13-10-22)38-20-39-30(34)5-2/h5-19H,2-4,20H2,1H3. The molecule has 4 rings (SSSR count). The molecule has 4 aromatic carbocycles. The molecule has 0 atom stereocenters. The third-order valence-electron chi connectivity index (χ3n) is 5.94. The maximum Gasteiger partial charge on any atom is 0.343 e. The van der Waals surface area contributed by atoms with Crippen LogP contribution in [0.5, 0.6) is 23.0 Å². The molecular formula is C33H26O9. The van der Waals surface area contributed by atoms with Crippen LogP contribution in [0.4, 0.5) is 0 Å². The number of carbonyl (C=O) groups is 4. The first-order valence-corrected chi connectivity index (χ1v) is 12.8. The molecule has 0 aliphatic carbocycles. The van der Waals surface area contributed by atoms with Crippen LogP contribution >= 0.6 is 0 Å². The Bertz CT molecular complexity index is 1670. The summed E-state index contributed by atoms with van der Waals surface area (Å²) in [5.74, 6) is -0.932. The molecule has 0 radical (unpaired) electrons. The van der Waals surface area contributed by atoms with E-state index in [1.807, 2.05) is 6.92 Å². The van der Waals surface area contributed by atoms with Crippen molar-refractivity contribution in [1.82, 2.24) is 0 Å². The van der Waals surface area contributed by atoms with Gasteiger partial charge in [0, 0.05) is 12.2 Å². The van der Waals surface area contributed by atoms with Crippen LogP contribution in [0, 0.1) is 0 Å². The van der Waals surface area contributed by atoms with E-state index in [0.717, 1.165) is 22.9 Å². The molecule has 9 nitrogen and oxygen atoms in total. The zero-order valence-electron chi connectivity index (χ0n) is 22.7. The molecule has 0 aromatic heterocycles. The normalized spacial score (nSPS) is 10.3. The van der Waals surface area contributed by atoms with Crippen LogP contribution in [0.3, 0.4) is 0 Å². The van der Waals surface area contributed by atoms with Gasteiger partial charge in [0.15, 0.2) is 0 Å². The minimum Gasteiger partial charge on any atom is -0.457 e. The Hall–Kier alpha value is -5.70. The molecule has 212 valence electrons. The molecule has 0 N–H and O–H groups in total. The second kappa shape index (κ2) is 13.6. The van der Waals surface area contributed by atoms with Gasteiger partial charge in [0.05, 0.1) is 11.1 Å². The first-order valence-electron chi connectivity index (χ1n) is 12.8. The molecule has 42 heavy (non-hydrogen) atoms. The van der Waals surface area contributed by atoms with E-state index in [4.69, 9.17) is 23.7 Å². The van der Waals surface area contributed by atoms with Gasteiger partial charge in [-0.05, 0) is 89.5 Å². The second-order valence-electron chi connectivity index (χ2n) is 8.71. The van der Waals surface area contributed by atoms with E-state index in [1.165, 1.54) is 12.1 Å². The van der Waals surface area contributed by atoms with E-state index < -0.39 is 23.9 Å². The number of esters is 4. The number of fused-ring (bicyclic) bond motifs is 1. The Balaban J connectivity index is 1.39. The van der Waals surface area contributed by atoms with Gasteiger partial charge in [-0.1, -0.05) is 32.2 Å². The van der Waals surface area contributed by atoms with Crippen molar-refractivity contribution in [2.75, 3.05) is 6.79 Å². The van der Waals surface area contributed by atoms with Crippen molar-refractivity contribution in [3.63, 3.8) is 0 Å². The highest BCUT2D eigenvalue weighted by Gasteiger charge is 2.15. The van der Waals surface area contributed by atoms with Crippen LogP contribution in [0.1, 0.15) is 33.2 Å². The highest BCUT2D eigenvalue weighted by atomic mass is 16.7. The largest absolute Gasteiger partial charge is 0.457 e.